The molecule has 0 amide bonds. The van der Waals surface area contributed by atoms with Gasteiger partial charge in [0, 0.05) is 50.5 Å². The molecule has 1 saturated heterocycles. The van der Waals surface area contributed by atoms with Crippen LogP contribution < -0.4 is 29.6 Å². The molecule has 0 atom stereocenters. The number of halogens is 2. The van der Waals surface area contributed by atoms with Crippen molar-refractivity contribution in [3.05, 3.63) is 59.4 Å². The number of aromatic nitrogens is 2. The van der Waals surface area contributed by atoms with Crippen LogP contribution in [0.15, 0.2) is 36.7 Å². The molecule has 4 rings (SSSR count). The average Bonchev–Trinajstić information content (AvgIpc) is 2.92. The van der Waals surface area contributed by atoms with Gasteiger partial charge in [-0.05, 0) is 18.6 Å². The number of rotatable bonds is 11. The third-order valence-corrected chi connectivity index (χ3v) is 5.99. The molecular weight excluding hydrogens is 484 g/mol. The number of anilines is 2. The van der Waals surface area contributed by atoms with E-state index in [0.29, 0.717) is 12.6 Å². The van der Waals surface area contributed by atoms with Crippen LogP contribution in [0.1, 0.15) is 11.1 Å². The van der Waals surface area contributed by atoms with Crippen LogP contribution in [-0.2, 0) is 6.61 Å². The number of methoxy groups -OCH3 is 2. The van der Waals surface area contributed by atoms with Gasteiger partial charge in [-0.3, -0.25) is 4.90 Å². The predicted octanol–water partition coefficient (Wildman–Crippen LogP) is 3.69. The lowest BCUT2D eigenvalue weighted by atomic mass is 10.1. The van der Waals surface area contributed by atoms with Crippen LogP contribution in [0.2, 0.25) is 0 Å². The monoisotopic (exact) mass is 515 g/mol. The van der Waals surface area contributed by atoms with Crippen LogP contribution in [0.5, 0.6) is 23.0 Å². The third-order valence-electron chi connectivity index (χ3n) is 5.99. The van der Waals surface area contributed by atoms with E-state index in [9.17, 15) is 8.78 Å². The van der Waals surface area contributed by atoms with Crippen LogP contribution in [0.3, 0.4) is 0 Å². The smallest absolute Gasteiger partial charge is 0.227 e. The molecule has 2 heterocycles. The number of nitrogens with one attached hydrogen (secondary N) is 2. The van der Waals surface area contributed by atoms with Crippen LogP contribution >= 0.6 is 0 Å². The predicted molar refractivity (Wildman–Crippen MR) is 135 cm³/mol. The van der Waals surface area contributed by atoms with Crippen LogP contribution in [0.4, 0.5) is 20.4 Å². The summed E-state index contributed by atoms with van der Waals surface area (Å²) < 4.78 is 50.5. The Morgan fingerprint density at radius 2 is 1.62 bits per heavy atom. The van der Waals surface area contributed by atoms with Gasteiger partial charge in [-0.2, -0.15) is 0 Å². The summed E-state index contributed by atoms with van der Waals surface area (Å²) in [5.41, 5.74) is 1.48. The standard InChI is InChI=1S/C26H31F2N5O4/c1-17-4-5-18(12-21(17)36-11-10-33-8-6-29-7-9-33)32-26-30-14-19(15-31-26)37-16-20-24(27)22(34-2)13-23(35-3)25(20)28/h4-5,12-15,29H,6-11,16H2,1-3H3,(H,30,31,32). The molecule has 0 bridgehead atoms. The number of nitrogens with zero attached hydrogens (tertiary/aromatic N) is 3. The van der Waals surface area contributed by atoms with E-state index in [0.717, 1.165) is 55.8 Å². The molecule has 0 unspecified atom stereocenters. The van der Waals surface area contributed by atoms with E-state index < -0.39 is 18.2 Å². The molecule has 2 aromatic carbocycles. The Morgan fingerprint density at radius 1 is 0.946 bits per heavy atom. The van der Waals surface area contributed by atoms with Crippen LogP contribution in [0.25, 0.3) is 0 Å². The van der Waals surface area contributed by atoms with Crippen molar-refractivity contribution in [1.82, 2.24) is 20.2 Å². The van der Waals surface area contributed by atoms with Crippen molar-refractivity contribution >= 4 is 11.6 Å². The van der Waals surface area contributed by atoms with Crippen molar-refractivity contribution in [3.8, 4) is 23.0 Å². The number of aryl methyl sites for hydroxylation is 1. The maximum Gasteiger partial charge on any atom is 0.227 e. The number of piperazine rings is 1. The summed E-state index contributed by atoms with van der Waals surface area (Å²) in [6.07, 6.45) is 2.84. The van der Waals surface area contributed by atoms with Gasteiger partial charge in [-0.25, -0.2) is 18.7 Å². The Bertz CT molecular complexity index is 1160. The van der Waals surface area contributed by atoms with Gasteiger partial charge >= 0.3 is 0 Å². The van der Waals surface area contributed by atoms with Gasteiger partial charge in [0.25, 0.3) is 0 Å². The molecule has 37 heavy (non-hydrogen) atoms. The second-order valence-corrected chi connectivity index (χ2v) is 8.46. The molecule has 0 radical (unpaired) electrons. The van der Waals surface area contributed by atoms with E-state index >= 15 is 0 Å². The summed E-state index contributed by atoms with van der Waals surface area (Å²) in [6, 6.07) is 6.92. The maximum absolute atomic E-state index is 14.5. The molecular formula is C26H31F2N5O4. The van der Waals surface area contributed by atoms with Crippen molar-refractivity contribution < 1.29 is 27.7 Å². The minimum atomic E-state index is -0.856. The maximum atomic E-state index is 14.5. The highest BCUT2D eigenvalue weighted by molar-refractivity contribution is 5.57. The van der Waals surface area contributed by atoms with E-state index in [1.165, 1.54) is 26.6 Å². The normalized spacial score (nSPS) is 13.8. The summed E-state index contributed by atoms with van der Waals surface area (Å²) in [5, 5.41) is 6.47. The highest BCUT2D eigenvalue weighted by Gasteiger charge is 2.20. The topological polar surface area (TPSA) is 90.0 Å². The molecule has 11 heteroatoms. The first-order chi connectivity index (χ1) is 18.0. The fraction of sp³-hybridized carbons (Fsp3) is 0.385. The van der Waals surface area contributed by atoms with E-state index in [4.69, 9.17) is 18.9 Å². The highest BCUT2D eigenvalue weighted by atomic mass is 19.1. The van der Waals surface area contributed by atoms with E-state index in [1.54, 1.807) is 0 Å². The molecule has 1 fully saturated rings. The summed E-state index contributed by atoms with van der Waals surface area (Å²) >= 11 is 0. The van der Waals surface area contributed by atoms with Crippen molar-refractivity contribution in [2.24, 2.45) is 0 Å². The second kappa shape index (κ2) is 12.5. The van der Waals surface area contributed by atoms with Gasteiger partial charge in [0.15, 0.2) is 28.9 Å². The first-order valence-electron chi connectivity index (χ1n) is 12.0. The zero-order valence-electron chi connectivity index (χ0n) is 21.1. The van der Waals surface area contributed by atoms with Crippen molar-refractivity contribution in [3.63, 3.8) is 0 Å². The zero-order chi connectivity index (χ0) is 26.2. The Kier molecular flexibility index (Phi) is 8.91. The van der Waals surface area contributed by atoms with Crippen molar-refractivity contribution in [1.29, 1.82) is 0 Å². The fourth-order valence-corrected chi connectivity index (χ4v) is 3.86. The first kappa shape index (κ1) is 26.4. The van der Waals surface area contributed by atoms with Gasteiger partial charge in [0.2, 0.25) is 5.95 Å². The minimum Gasteiger partial charge on any atom is -0.494 e. The lowest BCUT2D eigenvalue weighted by Crippen LogP contribution is -2.44. The Morgan fingerprint density at radius 3 is 2.27 bits per heavy atom. The summed E-state index contributed by atoms with van der Waals surface area (Å²) in [6.45, 7) is 7.14. The summed E-state index contributed by atoms with van der Waals surface area (Å²) in [7, 11) is 2.58. The fourth-order valence-electron chi connectivity index (χ4n) is 3.86. The van der Waals surface area contributed by atoms with Crippen LogP contribution in [-0.4, -0.2) is 68.4 Å². The third kappa shape index (κ3) is 6.75. The molecule has 3 aromatic rings. The second-order valence-electron chi connectivity index (χ2n) is 8.46. The van der Waals surface area contributed by atoms with Gasteiger partial charge in [0.1, 0.15) is 19.0 Å². The van der Waals surface area contributed by atoms with Crippen molar-refractivity contribution in [2.75, 3.05) is 58.9 Å². The highest BCUT2D eigenvalue weighted by Crippen LogP contribution is 2.32. The Balaban J connectivity index is 1.35. The molecule has 0 aliphatic carbocycles. The summed E-state index contributed by atoms with van der Waals surface area (Å²) in [5.74, 6) is -0.625. The molecule has 1 aliphatic heterocycles. The number of benzene rings is 2. The van der Waals surface area contributed by atoms with Crippen molar-refractivity contribution in [2.45, 2.75) is 13.5 Å². The number of hydrogen-bond donors (Lipinski definition) is 2. The lowest BCUT2D eigenvalue weighted by Gasteiger charge is -2.27. The quantitative estimate of drug-likeness (QED) is 0.397. The molecule has 9 nitrogen and oxygen atoms in total. The van der Waals surface area contributed by atoms with E-state index in [-0.39, 0.29) is 22.8 Å². The molecule has 198 valence electrons. The first-order valence-corrected chi connectivity index (χ1v) is 12.0. The van der Waals surface area contributed by atoms with Gasteiger partial charge < -0.3 is 29.6 Å². The number of hydrogen-bond acceptors (Lipinski definition) is 9. The lowest BCUT2D eigenvalue weighted by molar-refractivity contribution is 0.191. The molecule has 1 aromatic heterocycles. The minimum absolute atomic E-state index is 0.141. The largest absolute Gasteiger partial charge is 0.494 e. The SMILES string of the molecule is COc1cc(OC)c(F)c(COc2cnc(Nc3ccc(C)c(OCCN4CCNCC4)c3)nc2)c1F. The van der Waals surface area contributed by atoms with Gasteiger partial charge in [0.05, 0.1) is 32.2 Å². The molecule has 1 aliphatic rings. The van der Waals surface area contributed by atoms with E-state index in [1.807, 2.05) is 25.1 Å². The number of ether oxygens (including phenoxy) is 4. The summed E-state index contributed by atoms with van der Waals surface area (Å²) in [4.78, 5) is 10.8. The zero-order valence-corrected chi connectivity index (χ0v) is 21.1. The Hall–Kier alpha value is -3.70. The van der Waals surface area contributed by atoms with Gasteiger partial charge in [-0.15, -0.1) is 0 Å². The Labute approximate surface area is 214 Å². The average molecular weight is 516 g/mol. The molecule has 2 N–H and O–H groups in total. The van der Waals surface area contributed by atoms with Crippen LogP contribution in [0, 0.1) is 18.6 Å². The van der Waals surface area contributed by atoms with E-state index in [2.05, 4.69) is 25.5 Å². The van der Waals surface area contributed by atoms with Gasteiger partial charge in [-0.1, -0.05) is 6.07 Å². The molecule has 0 spiro atoms. The molecule has 0 saturated carbocycles.